The first-order valence-electron chi connectivity index (χ1n) is 6.07. The van der Waals surface area contributed by atoms with E-state index in [2.05, 4.69) is 35.5 Å². The van der Waals surface area contributed by atoms with E-state index in [9.17, 15) is 0 Å². The summed E-state index contributed by atoms with van der Waals surface area (Å²) in [6, 6.07) is 16.5. The van der Waals surface area contributed by atoms with Gasteiger partial charge in [0.2, 0.25) is 0 Å². The van der Waals surface area contributed by atoms with Gasteiger partial charge in [-0.2, -0.15) is 0 Å². The highest BCUT2D eigenvalue weighted by molar-refractivity contribution is 7.98. The monoisotopic (exact) mass is 266 g/mol. The Hall–Kier alpha value is -2.00. The number of pyridine rings is 1. The van der Waals surface area contributed by atoms with Gasteiger partial charge in [0.05, 0.1) is 17.4 Å². The van der Waals surface area contributed by atoms with Gasteiger partial charge in [0.1, 0.15) is 0 Å². The van der Waals surface area contributed by atoms with Crippen molar-refractivity contribution >= 4 is 28.4 Å². The average molecular weight is 266 g/mol. The second-order valence-corrected chi connectivity index (χ2v) is 5.22. The molecule has 94 valence electrons. The molecular weight excluding hydrogens is 252 g/mol. The Morgan fingerprint density at radius 3 is 2.58 bits per heavy atom. The molecular formula is C16H14N2S. The van der Waals surface area contributed by atoms with Crippen molar-refractivity contribution in [3.05, 3.63) is 54.7 Å². The van der Waals surface area contributed by atoms with Gasteiger partial charge in [0.15, 0.2) is 0 Å². The zero-order valence-electron chi connectivity index (χ0n) is 10.6. The van der Waals surface area contributed by atoms with Crippen molar-refractivity contribution in [2.75, 3.05) is 12.0 Å². The third-order valence-electron chi connectivity index (χ3n) is 3.17. The molecule has 2 nitrogen and oxygen atoms in total. The summed E-state index contributed by atoms with van der Waals surface area (Å²) in [6.45, 7) is 0. The number of hydrogen-bond acceptors (Lipinski definition) is 3. The fourth-order valence-electron chi connectivity index (χ4n) is 2.24. The fraction of sp³-hybridized carbons (Fsp3) is 0.0625. The highest BCUT2D eigenvalue weighted by Crippen LogP contribution is 2.34. The Kier molecular flexibility index (Phi) is 3.13. The minimum atomic E-state index is 0.719. The van der Waals surface area contributed by atoms with Crippen LogP contribution in [0.15, 0.2) is 59.6 Å². The third kappa shape index (κ3) is 2.17. The van der Waals surface area contributed by atoms with E-state index in [1.54, 1.807) is 18.0 Å². The van der Waals surface area contributed by atoms with E-state index >= 15 is 0 Å². The van der Waals surface area contributed by atoms with E-state index in [1.807, 2.05) is 24.3 Å². The topological polar surface area (TPSA) is 38.9 Å². The minimum Gasteiger partial charge on any atom is -0.397 e. The molecule has 0 aliphatic heterocycles. The van der Waals surface area contributed by atoms with Crippen LogP contribution < -0.4 is 5.73 Å². The van der Waals surface area contributed by atoms with Crippen molar-refractivity contribution < 1.29 is 0 Å². The van der Waals surface area contributed by atoms with Crippen molar-refractivity contribution in [1.29, 1.82) is 0 Å². The van der Waals surface area contributed by atoms with Crippen molar-refractivity contribution in [2.24, 2.45) is 0 Å². The Morgan fingerprint density at radius 2 is 1.84 bits per heavy atom. The summed E-state index contributed by atoms with van der Waals surface area (Å²) in [5.74, 6) is 0. The molecule has 0 fully saturated rings. The smallest absolute Gasteiger partial charge is 0.0710 e. The third-order valence-corrected chi connectivity index (χ3v) is 3.89. The Morgan fingerprint density at radius 1 is 1.05 bits per heavy atom. The molecule has 0 saturated heterocycles. The molecule has 3 aromatic rings. The van der Waals surface area contributed by atoms with Crippen LogP contribution in [0.1, 0.15) is 0 Å². The Labute approximate surface area is 116 Å². The molecule has 19 heavy (non-hydrogen) atoms. The van der Waals surface area contributed by atoms with Crippen LogP contribution in [0.2, 0.25) is 0 Å². The van der Waals surface area contributed by atoms with Crippen molar-refractivity contribution in [3.8, 4) is 11.1 Å². The maximum absolute atomic E-state index is 6.14. The van der Waals surface area contributed by atoms with Crippen LogP contribution in [0.4, 0.5) is 5.69 Å². The number of thioether (sulfide) groups is 1. The van der Waals surface area contributed by atoms with Gasteiger partial charge in [-0.3, -0.25) is 4.98 Å². The molecule has 1 heterocycles. The molecule has 0 aliphatic rings. The van der Waals surface area contributed by atoms with Crippen LogP contribution in [0.25, 0.3) is 22.0 Å². The lowest BCUT2D eigenvalue weighted by molar-refractivity contribution is 1.39. The second kappa shape index (κ2) is 4.94. The Bertz CT molecular complexity index is 723. The number of nitrogens with zero attached hydrogens (tertiary/aromatic N) is 1. The molecule has 2 aromatic carbocycles. The number of hydrogen-bond donors (Lipinski definition) is 1. The van der Waals surface area contributed by atoms with Crippen LogP contribution in [0.3, 0.4) is 0 Å². The highest BCUT2D eigenvalue weighted by Gasteiger charge is 2.09. The van der Waals surface area contributed by atoms with Crippen molar-refractivity contribution in [1.82, 2.24) is 4.98 Å². The lowest BCUT2D eigenvalue weighted by atomic mass is 10.00. The molecule has 0 aliphatic carbocycles. The van der Waals surface area contributed by atoms with E-state index < -0.39 is 0 Å². The largest absolute Gasteiger partial charge is 0.397 e. The first-order valence-corrected chi connectivity index (χ1v) is 7.29. The summed E-state index contributed by atoms with van der Waals surface area (Å²) >= 11 is 1.72. The number of benzene rings is 2. The molecule has 0 atom stereocenters. The van der Waals surface area contributed by atoms with Gasteiger partial charge in [-0.1, -0.05) is 30.3 Å². The van der Waals surface area contributed by atoms with Crippen LogP contribution >= 0.6 is 11.8 Å². The van der Waals surface area contributed by atoms with E-state index in [4.69, 9.17) is 5.73 Å². The predicted octanol–water partition coefficient (Wildman–Crippen LogP) is 4.21. The highest BCUT2D eigenvalue weighted by atomic mass is 32.2. The van der Waals surface area contributed by atoms with Crippen LogP contribution in [0.5, 0.6) is 0 Å². The van der Waals surface area contributed by atoms with E-state index in [0.717, 1.165) is 27.7 Å². The molecule has 0 bridgehead atoms. The van der Waals surface area contributed by atoms with Gasteiger partial charge >= 0.3 is 0 Å². The summed E-state index contributed by atoms with van der Waals surface area (Å²) in [5.41, 5.74) is 10.0. The van der Waals surface area contributed by atoms with Gasteiger partial charge < -0.3 is 5.73 Å². The van der Waals surface area contributed by atoms with Gasteiger partial charge in [-0.05, 0) is 30.0 Å². The first-order chi connectivity index (χ1) is 9.29. The van der Waals surface area contributed by atoms with Gasteiger partial charge in [0, 0.05) is 15.8 Å². The van der Waals surface area contributed by atoms with Crippen molar-refractivity contribution in [2.45, 2.75) is 4.90 Å². The van der Waals surface area contributed by atoms with Crippen LogP contribution in [-0.4, -0.2) is 11.2 Å². The lowest BCUT2D eigenvalue weighted by Crippen LogP contribution is -1.94. The van der Waals surface area contributed by atoms with E-state index in [0.29, 0.717) is 0 Å². The number of nitrogens with two attached hydrogens (primary N) is 1. The van der Waals surface area contributed by atoms with Crippen LogP contribution in [-0.2, 0) is 0 Å². The minimum absolute atomic E-state index is 0.719. The summed E-state index contributed by atoms with van der Waals surface area (Å²) in [6.07, 6.45) is 3.81. The molecule has 2 N–H and O–H groups in total. The maximum Gasteiger partial charge on any atom is 0.0710 e. The maximum atomic E-state index is 6.14. The van der Waals surface area contributed by atoms with Gasteiger partial charge in [-0.25, -0.2) is 0 Å². The molecule has 0 unspecified atom stereocenters. The summed E-state index contributed by atoms with van der Waals surface area (Å²) < 4.78 is 0. The Balaban J connectivity index is 2.35. The summed E-state index contributed by atoms with van der Waals surface area (Å²) in [4.78, 5) is 5.63. The quantitative estimate of drug-likeness (QED) is 0.706. The molecule has 0 spiro atoms. The number of rotatable bonds is 2. The lowest BCUT2D eigenvalue weighted by Gasteiger charge is -2.10. The van der Waals surface area contributed by atoms with Gasteiger partial charge in [0.25, 0.3) is 0 Å². The molecule has 0 amide bonds. The average Bonchev–Trinajstić information content (AvgIpc) is 2.47. The zero-order chi connectivity index (χ0) is 13.2. The molecule has 3 rings (SSSR count). The first kappa shape index (κ1) is 12.1. The SMILES string of the molecule is CSc1ccc2ncc(N)c(-c3ccccc3)c2c1. The zero-order valence-corrected chi connectivity index (χ0v) is 11.4. The molecule has 3 heteroatoms. The van der Waals surface area contributed by atoms with Crippen molar-refractivity contribution in [3.63, 3.8) is 0 Å². The summed E-state index contributed by atoms with van der Waals surface area (Å²) in [7, 11) is 0. The standard InChI is InChI=1S/C16H14N2S/c1-19-12-7-8-15-13(9-12)16(14(17)10-18-15)11-5-3-2-4-6-11/h2-10H,17H2,1H3. The van der Waals surface area contributed by atoms with Crippen LogP contribution in [0, 0.1) is 0 Å². The van der Waals surface area contributed by atoms with E-state index in [-0.39, 0.29) is 0 Å². The molecule has 0 radical (unpaired) electrons. The fourth-order valence-corrected chi connectivity index (χ4v) is 2.68. The normalized spacial score (nSPS) is 10.8. The molecule has 0 saturated carbocycles. The summed E-state index contributed by atoms with van der Waals surface area (Å²) in [5, 5.41) is 1.11. The molecule has 1 aromatic heterocycles. The second-order valence-electron chi connectivity index (χ2n) is 4.34. The number of fused-ring (bicyclic) bond motifs is 1. The number of nitrogen functional groups attached to an aromatic ring is 1. The predicted molar refractivity (Wildman–Crippen MR) is 83.4 cm³/mol. The van der Waals surface area contributed by atoms with E-state index in [1.165, 1.54) is 4.90 Å². The van der Waals surface area contributed by atoms with Gasteiger partial charge in [-0.15, -0.1) is 11.8 Å². The number of anilines is 1. The number of aromatic nitrogens is 1.